The van der Waals surface area contributed by atoms with E-state index in [0.717, 1.165) is 27.7 Å². The number of pyridine rings is 1. The van der Waals surface area contributed by atoms with Crippen molar-refractivity contribution in [3.8, 4) is 0 Å². The van der Waals surface area contributed by atoms with Crippen LogP contribution in [-0.2, 0) is 16.1 Å². The topological polar surface area (TPSA) is 51.7 Å². The van der Waals surface area contributed by atoms with Crippen molar-refractivity contribution in [3.05, 3.63) is 70.0 Å². The Kier molecular flexibility index (Phi) is 6.63. The average molecular weight is 431 g/mol. The molecule has 27 heavy (non-hydrogen) atoms. The van der Waals surface area contributed by atoms with Gasteiger partial charge in [-0.2, -0.15) is 0 Å². The maximum absolute atomic E-state index is 12.3. The van der Waals surface area contributed by atoms with Crippen molar-refractivity contribution in [1.29, 1.82) is 0 Å². The number of amides is 1. The summed E-state index contributed by atoms with van der Waals surface area (Å²) in [5, 5.41) is 0. The van der Waals surface area contributed by atoms with Gasteiger partial charge in [0.05, 0.1) is 11.8 Å². The predicted molar refractivity (Wildman–Crippen MR) is 108 cm³/mol. The third kappa shape index (κ3) is 4.96. The molecule has 1 aromatic heterocycles. The molecule has 2 aromatic rings. The van der Waals surface area contributed by atoms with Gasteiger partial charge in [0, 0.05) is 30.9 Å². The smallest absolute Gasteiger partial charge is 0.410 e. The Balaban J connectivity index is 1.59. The minimum absolute atomic E-state index is 0.0661. The summed E-state index contributed by atoms with van der Waals surface area (Å²) in [5.41, 5.74) is 4.11. The van der Waals surface area contributed by atoms with E-state index < -0.39 is 0 Å². The number of rotatable bonds is 5. The third-order valence-electron chi connectivity index (χ3n) is 4.65. The minimum atomic E-state index is -0.280. The fraction of sp³-hybridized carbons (Fsp3) is 0.333. The van der Waals surface area contributed by atoms with Gasteiger partial charge in [0.15, 0.2) is 0 Å². The quantitative estimate of drug-likeness (QED) is 0.670. The molecule has 1 atom stereocenters. The number of hydrogen-bond acceptors (Lipinski definition) is 4. The predicted octanol–water partition coefficient (Wildman–Crippen LogP) is 4.98. The van der Waals surface area contributed by atoms with Crippen LogP contribution < -0.4 is 0 Å². The number of halogens is 1. The second-order valence-electron chi connectivity index (χ2n) is 6.43. The average Bonchev–Trinajstić information content (AvgIpc) is 2.72. The highest BCUT2D eigenvalue weighted by molar-refractivity contribution is 9.10. The normalized spacial score (nSPS) is 15.2. The van der Waals surface area contributed by atoms with Crippen molar-refractivity contribution in [2.45, 2.75) is 26.1 Å². The summed E-state index contributed by atoms with van der Waals surface area (Å²) in [7, 11) is 1.67. The van der Waals surface area contributed by atoms with Crippen LogP contribution in [0.25, 0.3) is 5.57 Å². The van der Waals surface area contributed by atoms with Crippen LogP contribution in [0.5, 0.6) is 0 Å². The Morgan fingerprint density at radius 3 is 2.74 bits per heavy atom. The lowest BCUT2D eigenvalue weighted by molar-refractivity contribution is 0.0998. The molecule has 0 saturated heterocycles. The SMILES string of the molecule is CO[C@@H](C)c1ncc(C2=CCN(C(=O)OCc3ccccc3)CC2)cc1Br. The zero-order valence-electron chi connectivity index (χ0n) is 15.5. The third-order valence-corrected chi connectivity index (χ3v) is 5.29. The second-order valence-corrected chi connectivity index (χ2v) is 7.29. The molecule has 1 aliphatic rings. The molecule has 5 nitrogen and oxygen atoms in total. The lowest BCUT2D eigenvalue weighted by Gasteiger charge is -2.26. The molecule has 142 valence electrons. The van der Waals surface area contributed by atoms with Crippen molar-refractivity contribution in [2.75, 3.05) is 20.2 Å². The molecule has 0 unspecified atom stereocenters. The first kappa shape index (κ1) is 19.6. The minimum Gasteiger partial charge on any atom is -0.445 e. The first-order chi connectivity index (χ1) is 13.1. The highest BCUT2D eigenvalue weighted by Crippen LogP contribution is 2.29. The van der Waals surface area contributed by atoms with E-state index in [1.165, 1.54) is 5.57 Å². The Morgan fingerprint density at radius 2 is 2.11 bits per heavy atom. The summed E-state index contributed by atoms with van der Waals surface area (Å²) in [4.78, 5) is 18.5. The molecule has 2 heterocycles. The van der Waals surface area contributed by atoms with E-state index >= 15 is 0 Å². The molecule has 0 fully saturated rings. The molecule has 0 N–H and O–H groups in total. The molecule has 0 bridgehead atoms. The van der Waals surface area contributed by atoms with E-state index in [4.69, 9.17) is 9.47 Å². The summed E-state index contributed by atoms with van der Waals surface area (Å²) in [5.74, 6) is 0. The lowest BCUT2D eigenvalue weighted by Crippen LogP contribution is -2.35. The standard InChI is InChI=1S/C21H23BrN2O3/c1-15(26-2)20-19(22)12-18(13-23-20)17-8-10-24(11-9-17)21(25)27-14-16-6-4-3-5-7-16/h3-8,12-13,15H,9-11,14H2,1-2H3/t15-/m0/s1. The number of carbonyl (C=O) groups is 1. The van der Waals surface area contributed by atoms with E-state index in [1.54, 1.807) is 12.0 Å². The molecule has 0 saturated carbocycles. The molecular formula is C21H23BrN2O3. The van der Waals surface area contributed by atoms with E-state index in [0.29, 0.717) is 19.7 Å². The molecule has 3 rings (SSSR count). The molecule has 6 heteroatoms. The van der Waals surface area contributed by atoms with Crippen molar-refractivity contribution < 1.29 is 14.3 Å². The first-order valence-electron chi connectivity index (χ1n) is 8.91. The van der Waals surface area contributed by atoms with E-state index in [1.807, 2.05) is 43.5 Å². The van der Waals surface area contributed by atoms with Crippen LogP contribution in [0.4, 0.5) is 4.79 Å². The Morgan fingerprint density at radius 1 is 1.33 bits per heavy atom. The summed E-state index contributed by atoms with van der Waals surface area (Å²) in [6.45, 7) is 3.43. The van der Waals surface area contributed by atoms with Gasteiger partial charge in [-0.25, -0.2) is 4.79 Å². The maximum atomic E-state index is 12.3. The largest absolute Gasteiger partial charge is 0.445 e. The molecule has 1 aromatic carbocycles. The fourth-order valence-corrected chi connectivity index (χ4v) is 3.61. The Labute approximate surface area is 168 Å². The second kappa shape index (κ2) is 9.15. The van der Waals surface area contributed by atoms with Crippen LogP contribution >= 0.6 is 15.9 Å². The molecule has 0 spiro atoms. The molecule has 0 aliphatic carbocycles. The van der Waals surface area contributed by atoms with Crippen molar-refractivity contribution in [1.82, 2.24) is 9.88 Å². The van der Waals surface area contributed by atoms with Crippen LogP contribution in [-0.4, -0.2) is 36.2 Å². The van der Waals surface area contributed by atoms with Gasteiger partial charge in [-0.15, -0.1) is 0 Å². The first-order valence-corrected chi connectivity index (χ1v) is 9.71. The van der Waals surface area contributed by atoms with E-state index in [9.17, 15) is 4.79 Å². The number of benzene rings is 1. The van der Waals surface area contributed by atoms with Crippen molar-refractivity contribution in [2.24, 2.45) is 0 Å². The van der Waals surface area contributed by atoms with Crippen LogP contribution in [0.2, 0.25) is 0 Å². The molecule has 1 aliphatic heterocycles. The van der Waals surface area contributed by atoms with Crippen LogP contribution in [0.1, 0.15) is 36.3 Å². The lowest BCUT2D eigenvalue weighted by atomic mass is 10.0. The van der Waals surface area contributed by atoms with Gasteiger partial charge >= 0.3 is 6.09 Å². The monoisotopic (exact) mass is 430 g/mol. The van der Waals surface area contributed by atoms with Gasteiger partial charge in [0.25, 0.3) is 0 Å². The van der Waals surface area contributed by atoms with Gasteiger partial charge in [-0.3, -0.25) is 4.98 Å². The van der Waals surface area contributed by atoms with Crippen molar-refractivity contribution >= 4 is 27.6 Å². The Bertz CT molecular complexity index is 823. The number of carbonyl (C=O) groups excluding carboxylic acids is 1. The fourth-order valence-electron chi connectivity index (χ4n) is 2.94. The number of ether oxygens (including phenoxy) is 2. The maximum Gasteiger partial charge on any atom is 0.410 e. The number of methoxy groups -OCH3 is 1. The summed E-state index contributed by atoms with van der Waals surface area (Å²) in [6, 6.07) is 11.8. The highest BCUT2D eigenvalue weighted by atomic mass is 79.9. The summed E-state index contributed by atoms with van der Waals surface area (Å²) < 4.78 is 11.7. The zero-order valence-corrected chi connectivity index (χ0v) is 17.1. The molecule has 0 radical (unpaired) electrons. The van der Waals surface area contributed by atoms with Gasteiger partial charge in [0.2, 0.25) is 0 Å². The number of nitrogens with zero attached hydrogens (tertiary/aromatic N) is 2. The molecule has 1 amide bonds. The highest BCUT2D eigenvalue weighted by Gasteiger charge is 2.20. The van der Waals surface area contributed by atoms with Crippen LogP contribution in [0.15, 0.2) is 53.1 Å². The zero-order chi connectivity index (χ0) is 19.2. The van der Waals surface area contributed by atoms with Gasteiger partial charge in [-0.05, 0) is 52.0 Å². The number of hydrogen-bond donors (Lipinski definition) is 0. The summed E-state index contributed by atoms with van der Waals surface area (Å²) in [6.07, 6.45) is 4.36. The van der Waals surface area contributed by atoms with Gasteiger partial charge < -0.3 is 14.4 Å². The van der Waals surface area contributed by atoms with E-state index in [-0.39, 0.29) is 12.2 Å². The summed E-state index contributed by atoms with van der Waals surface area (Å²) >= 11 is 3.58. The van der Waals surface area contributed by atoms with Crippen LogP contribution in [0.3, 0.4) is 0 Å². The molecular weight excluding hydrogens is 408 g/mol. The van der Waals surface area contributed by atoms with Gasteiger partial charge in [-0.1, -0.05) is 36.4 Å². The number of aromatic nitrogens is 1. The van der Waals surface area contributed by atoms with Crippen molar-refractivity contribution in [3.63, 3.8) is 0 Å². The van der Waals surface area contributed by atoms with E-state index in [2.05, 4.69) is 33.1 Å². The Hall–Kier alpha value is -2.18. The van der Waals surface area contributed by atoms with Gasteiger partial charge in [0.1, 0.15) is 6.61 Å². The van der Waals surface area contributed by atoms with Crippen LogP contribution in [0, 0.1) is 0 Å².